The van der Waals surface area contributed by atoms with E-state index in [9.17, 15) is 0 Å². The zero-order chi connectivity index (χ0) is 8.16. The fourth-order valence-electron chi connectivity index (χ4n) is 1.20. The second kappa shape index (κ2) is 3.69. The molecule has 2 nitrogen and oxygen atoms in total. The maximum Gasteiger partial charge on any atom is 0.0556 e. The van der Waals surface area contributed by atoms with Gasteiger partial charge in [0.05, 0.1) is 6.61 Å². The number of β-amino-alcohol motifs (C(OH)–C–C–N with tert-alkyl or cyclic N) is 1. The molecule has 0 saturated heterocycles. The monoisotopic (exact) mass is 153 g/mol. The van der Waals surface area contributed by atoms with Gasteiger partial charge in [-0.1, -0.05) is 24.3 Å². The summed E-state index contributed by atoms with van der Waals surface area (Å²) in [6, 6.07) is 0. The molecule has 0 heterocycles. The van der Waals surface area contributed by atoms with Gasteiger partial charge in [0, 0.05) is 12.1 Å². The summed E-state index contributed by atoms with van der Waals surface area (Å²) in [4.78, 5) is 0. The molecular weight excluding hydrogens is 138 g/mol. The Kier molecular flexibility index (Phi) is 2.85. The van der Waals surface area contributed by atoms with Gasteiger partial charge in [0.2, 0.25) is 0 Å². The third-order valence-corrected chi connectivity index (χ3v) is 1.89. The van der Waals surface area contributed by atoms with E-state index >= 15 is 0 Å². The van der Waals surface area contributed by atoms with Crippen LogP contribution in [0, 0.1) is 0 Å². The fraction of sp³-hybridized carbons (Fsp3) is 0.556. The minimum absolute atomic E-state index is 0.0531. The van der Waals surface area contributed by atoms with E-state index < -0.39 is 0 Å². The number of allylic oxidation sites excluding steroid dienone is 2. The van der Waals surface area contributed by atoms with E-state index in [0.717, 1.165) is 6.42 Å². The summed E-state index contributed by atoms with van der Waals surface area (Å²) in [7, 11) is 0. The van der Waals surface area contributed by atoms with Crippen LogP contribution in [0.25, 0.3) is 0 Å². The molecule has 1 aliphatic rings. The van der Waals surface area contributed by atoms with Gasteiger partial charge in [-0.25, -0.2) is 0 Å². The molecule has 0 bridgehead atoms. The predicted octanol–water partition coefficient (Wildman–Crippen LogP) is 0.843. The number of aliphatic hydroxyl groups is 1. The highest BCUT2D eigenvalue weighted by atomic mass is 16.3. The van der Waals surface area contributed by atoms with Gasteiger partial charge in [0.15, 0.2) is 0 Å². The van der Waals surface area contributed by atoms with Gasteiger partial charge >= 0.3 is 0 Å². The Hall–Kier alpha value is -0.600. The first kappa shape index (κ1) is 8.50. The van der Waals surface area contributed by atoms with Gasteiger partial charge in [-0.05, 0) is 13.3 Å². The standard InChI is InChI=1S/C9H15NO/c1-9(10-7-8-11)5-3-2-4-6-9/h2-5,10-11H,6-8H2,1H3. The van der Waals surface area contributed by atoms with Crippen molar-refractivity contribution in [3.8, 4) is 0 Å². The molecule has 1 atom stereocenters. The second-order valence-corrected chi connectivity index (χ2v) is 3.06. The molecule has 0 aromatic rings. The summed E-state index contributed by atoms with van der Waals surface area (Å²) in [6.45, 7) is 2.99. The summed E-state index contributed by atoms with van der Waals surface area (Å²) in [6.07, 6.45) is 9.34. The van der Waals surface area contributed by atoms with Crippen molar-refractivity contribution >= 4 is 0 Å². The lowest BCUT2D eigenvalue weighted by Crippen LogP contribution is -2.42. The topological polar surface area (TPSA) is 32.3 Å². The molecule has 0 saturated carbocycles. The fourth-order valence-corrected chi connectivity index (χ4v) is 1.20. The first-order valence-corrected chi connectivity index (χ1v) is 3.97. The first-order chi connectivity index (χ1) is 5.27. The maximum atomic E-state index is 8.61. The minimum Gasteiger partial charge on any atom is -0.395 e. The average Bonchev–Trinajstić information content (AvgIpc) is 2.03. The van der Waals surface area contributed by atoms with Crippen LogP contribution in [-0.2, 0) is 0 Å². The SMILES string of the molecule is CC1(NCCO)C=CC=CC1. The highest BCUT2D eigenvalue weighted by Gasteiger charge is 2.18. The van der Waals surface area contributed by atoms with E-state index in [-0.39, 0.29) is 12.1 Å². The number of hydrogen-bond donors (Lipinski definition) is 2. The van der Waals surface area contributed by atoms with E-state index in [1.165, 1.54) is 0 Å². The van der Waals surface area contributed by atoms with E-state index in [1.54, 1.807) is 0 Å². The molecule has 2 heteroatoms. The van der Waals surface area contributed by atoms with E-state index in [1.807, 2.05) is 12.2 Å². The molecule has 1 rings (SSSR count). The largest absolute Gasteiger partial charge is 0.395 e. The van der Waals surface area contributed by atoms with Crippen LogP contribution in [0.4, 0.5) is 0 Å². The molecule has 0 aromatic carbocycles. The lowest BCUT2D eigenvalue weighted by molar-refractivity contribution is 0.274. The van der Waals surface area contributed by atoms with Crippen molar-refractivity contribution in [2.45, 2.75) is 18.9 Å². The van der Waals surface area contributed by atoms with Crippen molar-refractivity contribution in [2.75, 3.05) is 13.2 Å². The summed E-state index contributed by atoms with van der Waals surface area (Å²) in [5.41, 5.74) is 0.0531. The molecule has 0 amide bonds. The Bertz CT molecular complexity index is 174. The van der Waals surface area contributed by atoms with Crippen molar-refractivity contribution in [1.82, 2.24) is 5.32 Å². The quantitative estimate of drug-likeness (QED) is 0.630. The summed E-state index contributed by atoms with van der Waals surface area (Å²) in [5.74, 6) is 0. The Morgan fingerprint density at radius 2 is 2.36 bits per heavy atom. The molecule has 0 aromatic heterocycles. The molecule has 1 unspecified atom stereocenters. The van der Waals surface area contributed by atoms with Gasteiger partial charge in [-0.3, -0.25) is 0 Å². The zero-order valence-corrected chi connectivity index (χ0v) is 6.88. The Morgan fingerprint density at radius 3 is 2.91 bits per heavy atom. The van der Waals surface area contributed by atoms with Crippen molar-refractivity contribution in [3.05, 3.63) is 24.3 Å². The van der Waals surface area contributed by atoms with Crippen molar-refractivity contribution in [3.63, 3.8) is 0 Å². The zero-order valence-electron chi connectivity index (χ0n) is 6.88. The van der Waals surface area contributed by atoms with Crippen LogP contribution in [0.2, 0.25) is 0 Å². The second-order valence-electron chi connectivity index (χ2n) is 3.06. The van der Waals surface area contributed by atoms with Crippen LogP contribution in [-0.4, -0.2) is 23.8 Å². The lowest BCUT2D eigenvalue weighted by atomic mass is 9.94. The first-order valence-electron chi connectivity index (χ1n) is 3.97. The molecular formula is C9H15NO. The van der Waals surface area contributed by atoms with Crippen molar-refractivity contribution < 1.29 is 5.11 Å². The summed E-state index contributed by atoms with van der Waals surface area (Å²) in [5, 5.41) is 11.9. The normalized spacial score (nSPS) is 29.3. The molecule has 62 valence electrons. The van der Waals surface area contributed by atoms with Gasteiger partial charge in [0.1, 0.15) is 0 Å². The third-order valence-electron chi connectivity index (χ3n) is 1.89. The van der Waals surface area contributed by atoms with Crippen LogP contribution >= 0.6 is 0 Å². The number of hydrogen-bond acceptors (Lipinski definition) is 2. The number of aliphatic hydroxyl groups excluding tert-OH is 1. The van der Waals surface area contributed by atoms with Gasteiger partial charge in [0.25, 0.3) is 0 Å². The van der Waals surface area contributed by atoms with E-state index in [0.29, 0.717) is 6.54 Å². The van der Waals surface area contributed by atoms with Crippen LogP contribution in [0.3, 0.4) is 0 Å². The highest BCUT2D eigenvalue weighted by molar-refractivity contribution is 5.19. The smallest absolute Gasteiger partial charge is 0.0556 e. The minimum atomic E-state index is 0.0531. The molecule has 0 radical (unpaired) electrons. The Morgan fingerprint density at radius 1 is 1.55 bits per heavy atom. The Balaban J connectivity index is 2.40. The Labute approximate surface area is 67.6 Å². The molecule has 0 fully saturated rings. The van der Waals surface area contributed by atoms with Crippen molar-refractivity contribution in [2.24, 2.45) is 0 Å². The predicted molar refractivity (Wildman–Crippen MR) is 46.4 cm³/mol. The molecule has 0 aliphatic heterocycles. The molecule has 0 spiro atoms. The average molecular weight is 153 g/mol. The van der Waals surface area contributed by atoms with Crippen LogP contribution in [0.1, 0.15) is 13.3 Å². The molecule has 2 N–H and O–H groups in total. The van der Waals surface area contributed by atoms with Gasteiger partial charge < -0.3 is 10.4 Å². The van der Waals surface area contributed by atoms with Gasteiger partial charge in [-0.15, -0.1) is 0 Å². The number of nitrogens with one attached hydrogen (secondary N) is 1. The summed E-state index contributed by atoms with van der Waals surface area (Å²) < 4.78 is 0. The highest BCUT2D eigenvalue weighted by Crippen LogP contribution is 2.15. The molecule has 1 aliphatic carbocycles. The van der Waals surface area contributed by atoms with E-state index in [4.69, 9.17) is 5.11 Å². The molecule has 11 heavy (non-hydrogen) atoms. The van der Waals surface area contributed by atoms with E-state index in [2.05, 4.69) is 24.4 Å². The maximum absolute atomic E-state index is 8.61. The number of rotatable bonds is 3. The van der Waals surface area contributed by atoms with Crippen LogP contribution in [0.15, 0.2) is 24.3 Å². The van der Waals surface area contributed by atoms with Gasteiger partial charge in [-0.2, -0.15) is 0 Å². The van der Waals surface area contributed by atoms with Crippen LogP contribution in [0.5, 0.6) is 0 Å². The lowest BCUT2D eigenvalue weighted by Gasteiger charge is -2.27. The third kappa shape index (κ3) is 2.48. The van der Waals surface area contributed by atoms with Crippen LogP contribution < -0.4 is 5.32 Å². The van der Waals surface area contributed by atoms with Crippen molar-refractivity contribution in [1.29, 1.82) is 0 Å². The summed E-state index contributed by atoms with van der Waals surface area (Å²) >= 11 is 0.